The lowest BCUT2D eigenvalue weighted by atomic mass is 10.0. The lowest BCUT2D eigenvalue weighted by molar-refractivity contribution is 0.0175. The van der Waals surface area contributed by atoms with E-state index < -0.39 is 20.6 Å². The van der Waals surface area contributed by atoms with Gasteiger partial charge in [0.15, 0.2) is 0 Å². The number of fused-ring (bicyclic) bond motifs is 3. The van der Waals surface area contributed by atoms with Crippen molar-refractivity contribution in [1.82, 2.24) is 9.80 Å². The summed E-state index contributed by atoms with van der Waals surface area (Å²) in [6.45, 7) is 1.12. The van der Waals surface area contributed by atoms with Gasteiger partial charge in [-0.05, 0) is 29.8 Å². The van der Waals surface area contributed by atoms with Crippen molar-refractivity contribution in [3.8, 4) is 0 Å². The Morgan fingerprint density at radius 2 is 1.48 bits per heavy atom. The molecule has 27 heavy (non-hydrogen) atoms. The number of rotatable bonds is 3. The largest absolute Gasteiger partial charge is 0.436 e. The van der Waals surface area contributed by atoms with Gasteiger partial charge < -0.3 is 4.74 Å². The molecule has 3 heterocycles. The van der Waals surface area contributed by atoms with E-state index in [2.05, 4.69) is 9.30 Å². The molecule has 3 aliphatic rings. The molecule has 10 heteroatoms. The molecule has 0 amide bonds. The van der Waals surface area contributed by atoms with Gasteiger partial charge in [0, 0.05) is 26.3 Å². The summed E-state index contributed by atoms with van der Waals surface area (Å²) in [7, 11) is 1.23. The predicted molar refractivity (Wildman–Crippen MR) is 103 cm³/mol. The number of nitrogens with zero attached hydrogens (tertiary/aromatic N) is 3. The van der Waals surface area contributed by atoms with Crippen molar-refractivity contribution in [3.63, 3.8) is 0 Å². The Morgan fingerprint density at radius 3 is 2.04 bits per heavy atom. The Bertz CT molecular complexity index is 1070. The maximum atomic E-state index is 11.6. The standard InChI is InChI=1S/C17H12Cl3N3O3S/c18-13-5-1-11(2-6-13)16-9-22(16)15(21-27(20,24)25)26-17(10-23(16)17)12-3-7-14(19)8-4-12/h1-8H,9-10H2/b21-15+. The first kappa shape index (κ1) is 17.6. The van der Waals surface area contributed by atoms with Crippen LogP contribution in [0.25, 0.3) is 0 Å². The molecular weight excluding hydrogens is 433 g/mol. The third kappa shape index (κ3) is 2.64. The first-order valence-corrected chi connectivity index (χ1v) is 11.1. The molecule has 2 aromatic carbocycles. The maximum absolute atomic E-state index is 11.6. The van der Waals surface area contributed by atoms with E-state index in [4.69, 9.17) is 38.6 Å². The second-order valence-corrected chi connectivity index (χ2v) is 9.72. The Kier molecular flexibility index (Phi) is 3.59. The Labute approximate surface area is 170 Å². The third-order valence-electron chi connectivity index (χ3n) is 5.15. The Balaban J connectivity index is 1.63. The van der Waals surface area contributed by atoms with Gasteiger partial charge in [-0.1, -0.05) is 51.9 Å². The highest BCUT2D eigenvalue weighted by atomic mass is 35.7. The molecule has 0 spiro atoms. The topological polar surface area (TPSA) is 61.8 Å². The summed E-state index contributed by atoms with van der Waals surface area (Å²) < 4.78 is 32.8. The van der Waals surface area contributed by atoms with E-state index in [0.29, 0.717) is 23.1 Å². The molecule has 0 N–H and O–H groups in total. The van der Waals surface area contributed by atoms with E-state index in [1.165, 1.54) is 0 Å². The molecule has 0 aromatic heterocycles. The van der Waals surface area contributed by atoms with E-state index in [-0.39, 0.29) is 6.02 Å². The van der Waals surface area contributed by atoms with Crippen LogP contribution in [0.3, 0.4) is 0 Å². The van der Waals surface area contributed by atoms with Gasteiger partial charge >= 0.3 is 15.3 Å². The number of halogens is 3. The minimum absolute atomic E-state index is 0.0105. The van der Waals surface area contributed by atoms with Crippen LogP contribution in [0.15, 0.2) is 52.9 Å². The molecule has 2 aromatic rings. The first-order chi connectivity index (χ1) is 12.7. The second kappa shape index (κ2) is 5.52. The summed E-state index contributed by atoms with van der Waals surface area (Å²) in [5.41, 5.74) is 0.498. The Hall–Kier alpha value is -1.51. The molecular formula is C17H12Cl3N3O3S. The summed E-state index contributed by atoms with van der Waals surface area (Å²) in [6, 6.07) is 14.7. The van der Waals surface area contributed by atoms with E-state index in [1.54, 1.807) is 29.2 Å². The molecule has 3 unspecified atom stereocenters. The molecule has 3 aliphatic heterocycles. The third-order valence-corrected chi connectivity index (χ3v) is 6.24. The summed E-state index contributed by atoms with van der Waals surface area (Å²) >= 11 is 12.0. The van der Waals surface area contributed by atoms with Gasteiger partial charge in [0.05, 0.1) is 13.1 Å². The van der Waals surface area contributed by atoms with Crippen LogP contribution in [-0.4, -0.2) is 37.3 Å². The van der Waals surface area contributed by atoms with E-state index in [0.717, 1.165) is 11.1 Å². The van der Waals surface area contributed by atoms with Gasteiger partial charge in [0.1, 0.15) is 5.66 Å². The number of hydrogen-bond donors (Lipinski definition) is 0. The van der Waals surface area contributed by atoms with Gasteiger partial charge in [-0.2, -0.15) is 8.42 Å². The summed E-state index contributed by atoms with van der Waals surface area (Å²) in [5.74, 6) is 0. The van der Waals surface area contributed by atoms with Crippen molar-refractivity contribution >= 4 is 49.1 Å². The Morgan fingerprint density at radius 1 is 0.926 bits per heavy atom. The predicted octanol–water partition coefficient (Wildman–Crippen LogP) is 3.50. The average Bonchev–Trinajstić information content (AvgIpc) is 3.47. The fourth-order valence-electron chi connectivity index (χ4n) is 3.84. The van der Waals surface area contributed by atoms with Gasteiger partial charge in [-0.25, -0.2) is 4.90 Å². The molecule has 5 rings (SSSR count). The highest BCUT2D eigenvalue weighted by molar-refractivity contribution is 8.12. The van der Waals surface area contributed by atoms with Crippen molar-refractivity contribution in [3.05, 3.63) is 69.7 Å². The zero-order valence-electron chi connectivity index (χ0n) is 13.6. The number of amidine groups is 1. The van der Waals surface area contributed by atoms with Crippen molar-refractivity contribution in [2.45, 2.75) is 11.4 Å². The molecule has 3 saturated heterocycles. The van der Waals surface area contributed by atoms with Gasteiger partial charge in [-0.15, -0.1) is 0 Å². The van der Waals surface area contributed by atoms with Crippen molar-refractivity contribution in [2.24, 2.45) is 4.40 Å². The van der Waals surface area contributed by atoms with Crippen LogP contribution in [0, 0.1) is 0 Å². The minimum Gasteiger partial charge on any atom is -0.436 e. The summed E-state index contributed by atoms with van der Waals surface area (Å²) in [4.78, 5) is 3.93. The zero-order valence-corrected chi connectivity index (χ0v) is 16.7. The van der Waals surface area contributed by atoms with Crippen LogP contribution >= 0.6 is 33.9 Å². The average molecular weight is 445 g/mol. The number of ether oxygens (including phenoxy) is 1. The van der Waals surface area contributed by atoms with Crippen LogP contribution in [-0.2, 0) is 25.4 Å². The van der Waals surface area contributed by atoms with E-state index in [9.17, 15) is 8.42 Å². The van der Waals surface area contributed by atoms with Crippen LogP contribution < -0.4 is 0 Å². The normalized spacial score (nSPS) is 32.5. The van der Waals surface area contributed by atoms with Crippen LogP contribution in [0.4, 0.5) is 0 Å². The zero-order chi connectivity index (χ0) is 19.0. The summed E-state index contributed by atoms with van der Waals surface area (Å²) in [5, 5.41) is 1.23. The van der Waals surface area contributed by atoms with Gasteiger partial charge in [0.25, 0.3) is 0 Å². The van der Waals surface area contributed by atoms with Gasteiger partial charge in [0.2, 0.25) is 5.72 Å². The fourth-order valence-corrected chi connectivity index (χ4v) is 4.59. The van der Waals surface area contributed by atoms with Crippen molar-refractivity contribution < 1.29 is 13.2 Å². The number of hydrogen-bond acceptors (Lipinski definition) is 4. The minimum atomic E-state index is -4.13. The molecule has 0 radical (unpaired) electrons. The monoisotopic (exact) mass is 443 g/mol. The highest BCUT2D eigenvalue weighted by Crippen LogP contribution is 2.63. The van der Waals surface area contributed by atoms with Gasteiger partial charge in [-0.3, -0.25) is 4.90 Å². The van der Waals surface area contributed by atoms with E-state index in [1.807, 2.05) is 24.3 Å². The first-order valence-electron chi connectivity index (χ1n) is 8.06. The quantitative estimate of drug-likeness (QED) is 0.536. The smallest absolute Gasteiger partial charge is 0.344 e. The summed E-state index contributed by atoms with van der Waals surface area (Å²) in [6.07, 6.45) is 0. The van der Waals surface area contributed by atoms with Crippen LogP contribution in [0.2, 0.25) is 10.0 Å². The van der Waals surface area contributed by atoms with E-state index >= 15 is 0 Å². The molecule has 3 fully saturated rings. The molecule has 0 bridgehead atoms. The molecule has 0 aliphatic carbocycles. The molecule has 6 nitrogen and oxygen atoms in total. The van der Waals surface area contributed by atoms with Crippen molar-refractivity contribution in [2.75, 3.05) is 13.1 Å². The molecule has 3 atom stereocenters. The lowest BCUT2D eigenvalue weighted by Gasteiger charge is -2.32. The van der Waals surface area contributed by atoms with Crippen LogP contribution in [0.5, 0.6) is 0 Å². The highest BCUT2D eigenvalue weighted by Gasteiger charge is 2.78. The SMILES string of the molecule is O=S(=O)(Cl)/N=C1/OC2(c3ccc(Cl)cc3)CN2C2(c3ccc(Cl)cc3)CN12. The molecule has 0 saturated carbocycles. The van der Waals surface area contributed by atoms with Crippen molar-refractivity contribution in [1.29, 1.82) is 0 Å². The lowest BCUT2D eigenvalue weighted by Crippen LogP contribution is -2.42. The maximum Gasteiger partial charge on any atom is 0.344 e. The number of benzene rings is 2. The second-order valence-electron chi connectivity index (χ2n) is 6.68. The molecule has 140 valence electrons. The van der Waals surface area contributed by atoms with Crippen LogP contribution in [0.1, 0.15) is 11.1 Å². The fraction of sp³-hybridized carbons (Fsp3) is 0.235.